The molecule has 1 aliphatic carbocycles. The van der Waals surface area contributed by atoms with Crippen molar-refractivity contribution in [2.75, 3.05) is 0 Å². The molecule has 6 heteroatoms. The maximum Gasteiger partial charge on any atom is 0.248 e. The predicted octanol–water partition coefficient (Wildman–Crippen LogP) is 2.75. The lowest BCUT2D eigenvalue weighted by Crippen LogP contribution is -2.59. The summed E-state index contributed by atoms with van der Waals surface area (Å²) >= 11 is 3.48. The highest BCUT2D eigenvalue weighted by molar-refractivity contribution is 9.10. The number of halogens is 1. The van der Waals surface area contributed by atoms with Gasteiger partial charge in [0.1, 0.15) is 0 Å². The minimum absolute atomic E-state index is 0.106. The molecule has 1 heterocycles. The standard InChI is InChI=1S/C15H18BrN3O2/c1-15(2)11(7-12(15)20)17-8-13-18-19-14(21-13)9-5-3-4-6-10(9)16/h3-6,11-12,17,20H,7-8H2,1-2H3. The van der Waals surface area contributed by atoms with Gasteiger partial charge in [-0.05, 0) is 34.5 Å². The Balaban J connectivity index is 1.65. The van der Waals surface area contributed by atoms with Gasteiger partial charge in [0.25, 0.3) is 0 Å². The van der Waals surface area contributed by atoms with E-state index in [0.29, 0.717) is 18.3 Å². The van der Waals surface area contributed by atoms with Crippen LogP contribution < -0.4 is 5.32 Å². The third-order valence-corrected chi connectivity index (χ3v) is 4.98. The number of aliphatic hydroxyl groups excluding tert-OH is 1. The van der Waals surface area contributed by atoms with Crippen LogP contribution >= 0.6 is 15.9 Å². The van der Waals surface area contributed by atoms with Crippen LogP contribution in [0.5, 0.6) is 0 Å². The number of aliphatic hydroxyl groups is 1. The largest absolute Gasteiger partial charge is 0.419 e. The Hall–Kier alpha value is -1.24. The summed E-state index contributed by atoms with van der Waals surface area (Å²) in [6.07, 6.45) is 0.520. The van der Waals surface area contributed by atoms with Gasteiger partial charge >= 0.3 is 0 Å². The SMILES string of the molecule is CC1(C)C(O)CC1NCc1nnc(-c2ccccc2Br)o1. The van der Waals surface area contributed by atoms with Crippen molar-refractivity contribution < 1.29 is 9.52 Å². The summed E-state index contributed by atoms with van der Waals surface area (Å²) < 4.78 is 6.61. The third kappa shape index (κ3) is 2.75. The minimum Gasteiger partial charge on any atom is -0.419 e. The summed E-state index contributed by atoms with van der Waals surface area (Å²) in [6, 6.07) is 8.01. The van der Waals surface area contributed by atoms with Crippen molar-refractivity contribution in [2.24, 2.45) is 5.41 Å². The van der Waals surface area contributed by atoms with E-state index in [1.54, 1.807) is 0 Å². The molecule has 1 saturated carbocycles. The van der Waals surface area contributed by atoms with E-state index in [9.17, 15) is 5.11 Å². The van der Waals surface area contributed by atoms with Gasteiger partial charge in [0, 0.05) is 15.9 Å². The van der Waals surface area contributed by atoms with Gasteiger partial charge in [-0.1, -0.05) is 26.0 Å². The topological polar surface area (TPSA) is 71.2 Å². The zero-order valence-electron chi connectivity index (χ0n) is 12.0. The lowest BCUT2D eigenvalue weighted by molar-refractivity contribution is -0.0735. The summed E-state index contributed by atoms with van der Waals surface area (Å²) in [5, 5.41) is 21.3. The molecule has 1 fully saturated rings. The lowest BCUT2D eigenvalue weighted by atomic mass is 9.64. The molecule has 5 nitrogen and oxygen atoms in total. The molecule has 0 saturated heterocycles. The van der Waals surface area contributed by atoms with E-state index in [-0.39, 0.29) is 17.6 Å². The molecule has 0 amide bonds. The molecular formula is C15H18BrN3O2. The van der Waals surface area contributed by atoms with Gasteiger partial charge in [-0.2, -0.15) is 0 Å². The van der Waals surface area contributed by atoms with E-state index in [1.807, 2.05) is 24.3 Å². The second-order valence-corrected chi connectivity index (χ2v) is 6.84. The first-order chi connectivity index (χ1) is 9.98. The monoisotopic (exact) mass is 351 g/mol. The van der Waals surface area contributed by atoms with E-state index in [1.165, 1.54) is 0 Å². The molecule has 3 rings (SSSR count). The number of aromatic nitrogens is 2. The van der Waals surface area contributed by atoms with Crippen molar-refractivity contribution in [1.29, 1.82) is 0 Å². The van der Waals surface area contributed by atoms with Crippen molar-refractivity contribution in [3.05, 3.63) is 34.6 Å². The summed E-state index contributed by atoms with van der Waals surface area (Å²) in [5.41, 5.74) is 0.779. The highest BCUT2D eigenvalue weighted by atomic mass is 79.9. The Morgan fingerprint density at radius 1 is 1.38 bits per heavy atom. The van der Waals surface area contributed by atoms with Crippen LogP contribution in [-0.2, 0) is 6.54 Å². The maximum atomic E-state index is 9.73. The summed E-state index contributed by atoms with van der Waals surface area (Å²) in [7, 11) is 0. The molecule has 2 unspecified atom stereocenters. The van der Waals surface area contributed by atoms with Crippen molar-refractivity contribution in [1.82, 2.24) is 15.5 Å². The van der Waals surface area contributed by atoms with Crippen molar-refractivity contribution in [2.45, 2.75) is 39.0 Å². The van der Waals surface area contributed by atoms with Crippen molar-refractivity contribution in [3.8, 4) is 11.5 Å². The van der Waals surface area contributed by atoms with E-state index in [0.717, 1.165) is 16.5 Å². The fourth-order valence-electron chi connectivity index (χ4n) is 2.53. The number of nitrogens with zero attached hydrogens (tertiary/aromatic N) is 2. The van der Waals surface area contributed by atoms with Crippen molar-refractivity contribution in [3.63, 3.8) is 0 Å². The van der Waals surface area contributed by atoms with E-state index < -0.39 is 0 Å². The molecule has 0 radical (unpaired) electrons. The predicted molar refractivity (Wildman–Crippen MR) is 82.5 cm³/mol. The molecule has 2 atom stereocenters. The van der Waals surface area contributed by atoms with Gasteiger partial charge in [0.05, 0.1) is 18.2 Å². The number of rotatable bonds is 4. The summed E-state index contributed by atoms with van der Waals surface area (Å²) in [6.45, 7) is 4.62. The van der Waals surface area contributed by atoms with E-state index >= 15 is 0 Å². The van der Waals surface area contributed by atoms with Gasteiger partial charge in [0.2, 0.25) is 11.8 Å². The summed E-state index contributed by atoms with van der Waals surface area (Å²) in [5.74, 6) is 1.06. The van der Waals surface area contributed by atoms with Crippen LogP contribution in [0.25, 0.3) is 11.5 Å². The Bertz CT molecular complexity index is 641. The van der Waals surface area contributed by atoms with E-state index in [4.69, 9.17) is 4.42 Å². The van der Waals surface area contributed by atoms with Crippen LogP contribution in [0.1, 0.15) is 26.2 Å². The molecule has 112 valence electrons. The van der Waals surface area contributed by atoms with Gasteiger partial charge in [-0.25, -0.2) is 0 Å². The van der Waals surface area contributed by atoms with Gasteiger partial charge in [-0.15, -0.1) is 10.2 Å². The molecule has 1 aliphatic rings. The highest BCUT2D eigenvalue weighted by Gasteiger charge is 2.46. The first-order valence-corrected chi connectivity index (χ1v) is 7.76. The third-order valence-electron chi connectivity index (χ3n) is 4.29. The first kappa shape index (κ1) is 14.7. The van der Waals surface area contributed by atoms with Gasteiger partial charge < -0.3 is 14.8 Å². The second kappa shape index (κ2) is 5.51. The molecule has 0 bridgehead atoms. The number of hydrogen-bond acceptors (Lipinski definition) is 5. The summed E-state index contributed by atoms with van der Waals surface area (Å²) in [4.78, 5) is 0. The molecule has 0 aliphatic heterocycles. The average Bonchev–Trinajstić information content (AvgIpc) is 2.92. The number of hydrogen-bond donors (Lipinski definition) is 2. The van der Waals surface area contributed by atoms with Crippen LogP contribution in [0.15, 0.2) is 33.2 Å². The number of nitrogens with one attached hydrogen (secondary N) is 1. The van der Waals surface area contributed by atoms with Crippen LogP contribution in [0, 0.1) is 5.41 Å². The Labute approximate surface area is 131 Å². The minimum atomic E-state index is -0.242. The zero-order valence-corrected chi connectivity index (χ0v) is 13.6. The highest BCUT2D eigenvalue weighted by Crippen LogP contribution is 2.40. The normalized spacial score (nSPS) is 23.8. The molecule has 21 heavy (non-hydrogen) atoms. The molecule has 2 aromatic rings. The maximum absolute atomic E-state index is 9.73. The molecule has 1 aromatic heterocycles. The zero-order chi connectivity index (χ0) is 15.0. The first-order valence-electron chi connectivity index (χ1n) is 6.97. The van der Waals surface area contributed by atoms with Crippen LogP contribution in [-0.4, -0.2) is 27.4 Å². The Morgan fingerprint density at radius 2 is 2.14 bits per heavy atom. The van der Waals surface area contributed by atoms with Crippen LogP contribution in [0.4, 0.5) is 0 Å². The van der Waals surface area contributed by atoms with Gasteiger partial charge in [0.15, 0.2) is 0 Å². The fraction of sp³-hybridized carbons (Fsp3) is 0.467. The fourth-order valence-corrected chi connectivity index (χ4v) is 2.98. The quantitative estimate of drug-likeness (QED) is 0.885. The number of benzene rings is 1. The van der Waals surface area contributed by atoms with Crippen molar-refractivity contribution >= 4 is 15.9 Å². The van der Waals surface area contributed by atoms with E-state index in [2.05, 4.69) is 45.3 Å². The molecular weight excluding hydrogens is 334 g/mol. The Kier molecular flexibility index (Phi) is 3.86. The van der Waals surface area contributed by atoms with Crippen LogP contribution in [0.2, 0.25) is 0 Å². The lowest BCUT2D eigenvalue weighted by Gasteiger charge is -2.49. The molecule has 1 aromatic carbocycles. The Morgan fingerprint density at radius 3 is 2.81 bits per heavy atom. The van der Waals surface area contributed by atoms with Gasteiger partial charge in [-0.3, -0.25) is 0 Å². The molecule has 0 spiro atoms. The smallest absolute Gasteiger partial charge is 0.248 e. The van der Waals surface area contributed by atoms with Crippen LogP contribution in [0.3, 0.4) is 0 Å². The average molecular weight is 352 g/mol. The molecule has 2 N–H and O–H groups in total. The second-order valence-electron chi connectivity index (χ2n) is 5.99.